The van der Waals surface area contributed by atoms with Crippen LogP contribution in [-0.2, 0) is 0 Å². The molecule has 0 saturated heterocycles. The Morgan fingerprint density at radius 2 is 1.72 bits per heavy atom. The SMILES string of the molecule is O=c1n(-c2ccccc2)c(=O)n2n1C1CCC2C23CCCCC(C2)C13. The van der Waals surface area contributed by atoms with E-state index < -0.39 is 0 Å². The van der Waals surface area contributed by atoms with Gasteiger partial charge in [-0.1, -0.05) is 37.5 Å². The van der Waals surface area contributed by atoms with Gasteiger partial charge in [-0.05, 0) is 55.1 Å². The molecule has 5 heteroatoms. The molecule has 5 nitrogen and oxygen atoms in total. The Balaban J connectivity index is 1.61. The molecule has 3 aliphatic carbocycles. The molecular formula is C20H23N3O2. The first kappa shape index (κ1) is 14.2. The third-order valence-electron chi connectivity index (χ3n) is 7.73. The quantitative estimate of drug-likeness (QED) is 0.803. The van der Waals surface area contributed by atoms with Crippen LogP contribution in [0, 0.1) is 17.3 Å². The summed E-state index contributed by atoms with van der Waals surface area (Å²) in [4.78, 5) is 26.5. The summed E-state index contributed by atoms with van der Waals surface area (Å²) in [5, 5.41) is 0. The van der Waals surface area contributed by atoms with Gasteiger partial charge < -0.3 is 0 Å². The van der Waals surface area contributed by atoms with Gasteiger partial charge in [0.2, 0.25) is 0 Å². The molecule has 0 radical (unpaired) electrons. The molecule has 5 atom stereocenters. The Morgan fingerprint density at radius 3 is 2.56 bits per heavy atom. The van der Waals surface area contributed by atoms with Gasteiger partial charge in [0, 0.05) is 0 Å². The van der Waals surface area contributed by atoms with Crippen molar-refractivity contribution in [2.24, 2.45) is 17.3 Å². The first-order chi connectivity index (χ1) is 12.2. The fraction of sp³-hybridized carbons (Fsp3) is 0.600. The summed E-state index contributed by atoms with van der Waals surface area (Å²) in [6, 6.07) is 9.85. The number of fused-ring (bicyclic) bond motifs is 2. The van der Waals surface area contributed by atoms with Crippen LogP contribution in [-0.4, -0.2) is 13.9 Å². The van der Waals surface area contributed by atoms with Gasteiger partial charge in [0.25, 0.3) is 0 Å². The van der Waals surface area contributed by atoms with Crippen molar-refractivity contribution in [3.05, 3.63) is 51.3 Å². The second-order valence-corrected chi connectivity index (χ2v) is 8.55. The molecule has 130 valence electrons. The maximum atomic E-state index is 13.2. The van der Waals surface area contributed by atoms with E-state index in [9.17, 15) is 9.59 Å². The molecule has 3 fully saturated rings. The molecule has 2 aromatic rings. The number of benzene rings is 1. The molecule has 0 N–H and O–H groups in total. The smallest absolute Gasteiger partial charge is 0.245 e. The molecule has 5 aliphatic rings. The van der Waals surface area contributed by atoms with Crippen molar-refractivity contribution in [1.29, 1.82) is 0 Å². The highest BCUT2D eigenvalue weighted by molar-refractivity contribution is 5.31. The summed E-state index contributed by atoms with van der Waals surface area (Å²) in [6.07, 6.45) is 8.56. The van der Waals surface area contributed by atoms with E-state index in [1.54, 1.807) is 0 Å². The highest BCUT2D eigenvalue weighted by Crippen LogP contribution is 2.71. The Bertz CT molecular complexity index is 965. The minimum Gasteiger partial charge on any atom is -0.245 e. The zero-order valence-electron chi connectivity index (χ0n) is 14.3. The molecule has 3 heterocycles. The minimum atomic E-state index is -0.135. The highest BCUT2D eigenvalue weighted by atomic mass is 16.2. The van der Waals surface area contributed by atoms with Crippen molar-refractivity contribution in [2.75, 3.05) is 0 Å². The molecule has 7 rings (SSSR count). The van der Waals surface area contributed by atoms with E-state index in [1.165, 1.54) is 36.7 Å². The predicted octanol–water partition coefficient (Wildman–Crippen LogP) is 2.89. The summed E-state index contributed by atoms with van der Waals surface area (Å²) in [6.45, 7) is 0. The van der Waals surface area contributed by atoms with E-state index in [0.717, 1.165) is 18.8 Å². The minimum absolute atomic E-state index is 0.133. The maximum Gasteiger partial charge on any atom is 0.352 e. The Kier molecular flexibility index (Phi) is 2.59. The second kappa shape index (κ2) is 4.57. The van der Waals surface area contributed by atoms with Crippen molar-refractivity contribution in [1.82, 2.24) is 13.9 Å². The van der Waals surface area contributed by atoms with Crippen molar-refractivity contribution in [3.63, 3.8) is 0 Å². The van der Waals surface area contributed by atoms with E-state index in [1.807, 2.05) is 39.7 Å². The van der Waals surface area contributed by atoms with E-state index in [4.69, 9.17) is 0 Å². The van der Waals surface area contributed by atoms with Crippen LogP contribution in [0.3, 0.4) is 0 Å². The number of hydrogen-bond acceptors (Lipinski definition) is 2. The van der Waals surface area contributed by atoms with Crippen LogP contribution < -0.4 is 11.4 Å². The molecule has 3 saturated carbocycles. The zero-order chi connectivity index (χ0) is 16.8. The van der Waals surface area contributed by atoms with Crippen LogP contribution in [0.15, 0.2) is 39.9 Å². The molecule has 4 bridgehead atoms. The number of nitrogens with zero attached hydrogens (tertiary/aromatic N) is 3. The summed E-state index contributed by atoms with van der Waals surface area (Å²) >= 11 is 0. The van der Waals surface area contributed by atoms with Gasteiger partial charge in [0.05, 0.1) is 17.8 Å². The average Bonchev–Trinajstić information content (AvgIpc) is 2.81. The number of rotatable bonds is 1. The van der Waals surface area contributed by atoms with Crippen molar-refractivity contribution in [3.8, 4) is 5.69 Å². The van der Waals surface area contributed by atoms with Crippen LogP contribution in [0.2, 0.25) is 0 Å². The van der Waals surface area contributed by atoms with Gasteiger partial charge >= 0.3 is 11.4 Å². The van der Waals surface area contributed by atoms with E-state index in [0.29, 0.717) is 17.0 Å². The van der Waals surface area contributed by atoms with Crippen LogP contribution in [0.4, 0.5) is 0 Å². The molecule has 2 aliphatic heterocycles. The van der Waals surface area contributed by atoms with Crippen LogP contribution in [0.5, 0.6) is 0 Å². The molecule has 5 unspecified atom stereocenters. The van der Waals surface area contributed by atoms with Gasteiger partial charge in [-0.15, -0.1) is 0 Å². The lowest BCUT2D eigenvalue weighted by Crippen LogP contribution is -2.64. The first-order valence-corrected chi connectivity index (χ1v) is 9.74. The summed E-state index contributed by atoms with van der Waals surface area (Å²) < 4.78 is 5.11. The van der Waals surface area contributed by atoms with Gasteiger partial charge in [-0.2, -0.15) is 0 Å². The Labute approximate surface area is 145 Å². The molecule has 25 heavy (non-hydrogen) atoms. The number of hydrogen-bond donors (Lipinski definition) is 0. The van der Waals surface area contributed by atoms with E-state index in [2.05, 4.69) is 0 Å². The second-order valence-electron chi connectivity index (χ2n) is 8.55. The largest absolute Gasteiger partial charge is 0.352 e. The van der Waals surface area contributed by atoms with Crippen LogP contribution in [0.1, 0.15) is 57.0 Å². The molecule has 1 spiro atoms. The molecule has 1 aromatic carbocycles. The topological polar surface area (TPSA) is 48.9 Å². The zero-order valence-corrected chi connectivity index (χ0v) is 14.3. The fourth-order valence-corrected chi connectivity index (χ4v) is 6.98. The number of para-hydroxylation sites is 1. The van der Waals surface area contributed by atoms with Crippen molar-refractivity contribution >= 4 is 0 Å². The Hall–Kier alpha value is -2.04. The standard InChI is InChI=1S/C20H23N3O2/c24-18-21(14-7-2-1-3-8-14)19(25)23-16-10-9-15(22(18)23)17-13-6-4-5-11-20(16,17)12-13/h1-3,7-8,13,15-17H,4-6,9-12H2. The molecule has 1 aromatic heterocycles. The van der Waals surface area contributed by atoms with Gasteiger partial charge in [0.15, 0.2) is 0 Å². The fourth-order valence-electron chi connectivity index (χ4n) is 6.98. The lowest BCUT2D eigenvalue weighted by Gasteiger charge is -2.66. The monoisotopic (exact) mass is 337 g/mol. The first-order valence-electron chi connectivity index (χ1n) is 9.74. The summed E-state index contributed by atoms with van der Waals surface area (Å²) in [7, 11) is 0. The molecule has 0 amide bonds. The average molecular weight is 337 g/mol. The highest BCUT2D eigenvalue weighted by Gasteiger charge is 2.67. The van der Waals surface area contributed by atoms with E-state index >= 15 is 0 Å². The lowest BCUT2D eigenvalue weighted by atomic mass is 9.44. The third kappa shape index (κ3) is 1.52. The summed E-state index contributed by atoms with van der Waals surface area (Å²) in [5.41, 5.74) is 0.718. The number of aromatic nitrogens is 3. The van der Waals surface area contributed by atoms with Gasteiger partial charge in [-0.25, -0.2) is 23.5 Å². The van der Waals surface area contributed by atoms with Crippen molar-refractivity contribution in [2.45, 2.75) is 57.0 Å². The van der Waals surface area contributed by atoms with Crippen molar-refractivity contribution < 1.29 is 0 Å². The normalized spacial score (nSPS) is 37.8. The van der Waals surface area contributed by atoms with Crippen LogP contribution in [0.25, 0.3) is 5.69 Å². The van der Waals surface area contributed by atoms with Crippen LogP contribution >= 0.6 is 0 Å². The van der Waals surface area contributed by atoms with Gasteiger partial charge in [0.1, 0.15) is 0 Å². The Morgan fingerprint density at radius 1 is 0.920 bits per heavy atom. The molecular weight excluding hydrogens is 314 g/mol. The predicted molar refractivity (Wildman–Crippen MR) is 94.1 cm³/mol. The lowest BCUT2D eigenvalue weighted by molar-refractivity contribution is -0.181. The summed E-state index contributed by atoms with van der Waals surface area (Å²) in [5.74, 6) is 1.39. The van der Waals surface area contributed by atoms with Gasteiger partial charge in [-0.3, -0.25) is 0 Å². The third-order valence-corrected chi connectivity index (χ3v) is 7.73. The van der Waals surface area contributed by atoms with E-state index in [-0.39, 0.29) is 23.5 Å². The maximum absolute atomic E-state index is 13.2.